The van der Waals surface area contributed by atoms with Crippen LogP contribution < -0.4 is 0 Å². The van der Waals surface area contributed by atoms with Gasteiger partial charge in [-0.2, -0.15) is 8.42 Å². The van der Waals surface area contributed by atoms with Gasteiger partial charge in [-0.3, -0.25) is 50.6 Å². The van der Waals surface area contributed by atoms with Crippen molar-refractivity contribution >= 4 is 146 Å². The summed E-state index contributed by atoms with van der Waals surface area (Å²) in [7, 11) is -5.35. The molecule has 0 aliphatic carbocycles. The van der Waals surface area contributed by atoms with Gasteiger partial charge in [0.15, 0.2) is 142 Å². The summed E-state index contributed by atoms with van der Waals surface area (Å²) < 4.78 is 235. The van der Waals surface area contributed by atoms with Gasteiger partial charge in [0.2, 0.25) is 0 Å². The first-order chi connectivity index (χ1) is 63.3. The summed E-state index contributed by atoms with van der Waals surface area (Å²) in [5.74, 6) is -6.72. The molecule has 7 fully saturated rings. The Bertz CT molecular complexity index is 3000. The van der Waals surface area contributed by atoms with Gasteiger partial charge >= 0.3 is 10.4 Å². The smallest absolute Gasteiger partial charge is 0.388 e. The van der Waals surface area contributed by atoms with E-state index in [0.717, 1.165) is 0 Å². The van der Waals surface area contributed by atoms with Crippen molar-refractivity contribution in [2.75, 3.05) is 79.3 Å². The van der Waals surface area contributed by atoms with Gasteiger partial charge < -0.3 is 82.0 Å². The van der Waals surface area contributed by atoms with Crippen LogP contribution in [-0.2, 0) is 225 Å². The molecule has 0 aromatic rings. The van der Waals surface area contributed by atoms with E-state index < -0.39 is 302 Å². The average Bonchev–Trinajstić information content (AvgIpc) is 0.723. The maximum atomic E-state index is 12.1. The van der Waals surface area contributed by atoms with Crippen LogP contribution in [-0.4, -0.2) is 348 Å². The molecule has 0 radical (unpaired) electrons. The van der Waals surface area contributed by atoms with Crippen LogP contribution in [0.4, 0.5) is 0 Å². The van der Waals surface area contributed by atoms with Gasteiger partial charge in [-0.1, -0.05) is 55.4 Å². The van der Waals surface area contributed by atoms with Crippen molar-refractivity contribution in [2.24, 2.45) is 35.5 Å². The maximum absolute atomic E-state index is 12.1. The number of aliphatic hydroxyl groups is 4. The fourth-order valence-electron chi connectivity index (χ4n) is 14.9. The quantitative estimate of drug-likeness (QED) is 0.0136. The molecule has 65 nitrogen and oxygen atoms in total. The van der Waals surface area contributed by atoms with E-state index in [1.807, 2.05) is 0 Å². The zero-order valence-corrected chi connectivity index (χ0v) is 77.5. The summed E-state index contributed by atoms with van der Waals surface area (Å²) in [6.45, 7) is 4.38. The molecule has 7 heterocycles. The predicted molar refractivity (Wildman–Crippen MR) is 413 cm³/mol. The van der Waals surface area contributed by atoms with Crippen LogP contribution >= 0.6 is 136 Å². The second-order valence-electron chi connectivity index (χ2n) is 27.7. The fourth-order valence-corrected chi connectivity index (χ4v) is 20.0. The molecule has 0 bridgehead atoms. The minimum absolute atomic E-state index is 0.0445. The van der Waals surface area contributed by atoms with Crippen molar-refractivity contribution < 1.29 is 306 Å². The molecule has 35 atom stereocenters. The van der Waals surface area contributed by atoms with Crippen LogP contribution in [0.5, 0.6) is 0 Å². The number of ether oxygens (including phenoxy) is 13. The molecular weight excluding hydrogens is 2070 g/mol. The second kappa shape index (κ2) is 67.1. The lowest BCUT2D eigenvalue weighted by Crippen LogP contribution is -2.60. The first-order valence-corrected chi connectivity index (χ1v) is 45.8. The molecule has 774 valence electrons. The van der Waals surface area contributed by atoms with Crippen LogP contribution in [0.2, 0.25) is 0 Å². The molecule has 0 amide bonds. The van der Waals surface area contributed by atoms with Gasteiger partial charge in [-0.05, 0) is 48.5 Å². The summed E-state index contributed by atoms with van der Waals surface area (Å²) in [4.78, 5) is 0. The van der Waals surface area contributed by atoms with Crippen LogP contribution in [0.1, 0.15) is 48.5 Å². The Morgan fingerprint density at radius 2 is 0.466 bits per heavy atom. The zero-order valence-electron chi connectivity index (χ0n) is 67.8. The third-order valence-electron chi connectivity index (χ3n) is 20.4. The number of rotatable bonds is 70. The molecule has 7 rings (SSSR count). The topological polar surface area (TPSA) is 792 Å². The van der Waals surface area contributed by atoms with Crippen LogP contribution in [0.25, 0.3) is 0 Å². The van der Waals surface area contributed by atoms with Gasteiger partial charge in [0, 0.05) is 35.5 Å². The summed E-state index contributed by atoms with van der Waals surface area (Å²) in [6.07, 6.45) is -39.5. The molecule has 7 aliphatic rings. The van der Waals surface area contributed by atoms with E-state index in [1.165, 1.54) is 41.5 Å². The third kappa shape index (κ3) is 39.0. The number of hydrogen-bond acceptors (Lipinski definition) is 75. The largest absolute Gasteiger partial charge is 0.397 e. The van der Waals surface area contributed by atoms with Crippen LogP contribution in [0, 0.1) is 35.5 Å². The summed E-state index contributed by atoms with van der Waals surface area (Å²) in [6, 6.07) is 0. The van der Waals surface area contributed by atoms with Crippen molar-refractivity contribution in [3.05, 3.63) is 0 Å². The summed E-state index contributed by atoms with van der Waals surface area (Å²) >= 11 is 0.995. The first kappa shape index (κ1) is 119. The minimum Gasteiger partial charge on any atom is -0.388 e. The van der Waals surface area contributed by atoms with E-state index in [4.69, 9.17) is 154 Å². The molecule has 7 aliphatic heterocycles. The molecular formula is C54H96O65S12. The SMILES string of the molecule is CC1O[C@@H](COCC2[C@H](COCC3[C@H](COC[C@@H]4C(OSOOO)C(O)OC(C)[C@H]4OSOOO)OC(C)[C@H](OSOOO)[C@@H]3COC[C@@H]3OC(C)[C@H](OSOOO)[C@H](OSOOO)C3OSOOO)OC(C)[C@@H](OSOOO)[C@@H]2COC[C@@H]2OC(C)[C@@H](OSOOO)[C@H](COC[C@@H]3OC(C)[C@H](OSOOO)[C@H](O)C3OSOOO)C2OSOOO)C(O)[C@@H](OS(=O)(=O)O)[C@@H]1O. The highest BCUT2D eigenvalue weighted by Crippen LogP contribution is 2.45. The second-order valence-corrected chi connectivity index (χ2v) is 33.8. The highest BCUT2D eigenvalue weighted by molar-refractivity contribution is 7.91. The Hall–Kier alpha value is 1.28. The summed E-state index contributed by atoms with van der Waals surface area (Å²) in [5.41, 5.74) is 0. The molecule has 0 spiro atoms. The van der Waals surface area contributed by atoms with Gasteiger partial charge in [-0.25, -0.2) is 62.0 Å². The Morgan fingerprint density at radius 1 is 0.221 bits per heavy atom. The molecule has 7 saturated heterocycles. The summed E-state index contributed by atoms with van der Waals surface area (Å²) in [5, 5.41) is 186. The highest BCUT2D eigenvalue weighted by atomic mass is 32.3. The lowest BCUT2D eigenvalue weighted by molar-refractivity contribution is -0.436. The lowest BCUT2D eigenvalue weighted by atomic mass is 9.79. The van der Waals surface area contributed by atoms with Crippen molar-refractivity contribution in [2.45, 2.75) is 226 Å². The molecule has 0 saturated carbocycles. The van der Waals surface area contributed by atoms with E-state index in [9.17, 15) is 49.2 Å². The van der Waals surface area contributed by atoms with Gasteiger partial charge in [-0.15, -0.1) is 47.7 Å². The highest BCUT2D eigenvalue weighted by Gasteiger charge is 2.56. The van der Waals surface area contributed by atoms with Gasteiger partial charge in [0.05, 0.1) is 134 Å². The van der Waals surface area contributed by atoms with Crippen LogP contribution in [0.15, 0.2) is 0 Å². The van der Waals surface area contributed by atoms with E-state index in [2.05, 4.69) is 103 Å². The van der Waals surface area contributed by atoms with Crippen molar-refractivity contribution in [3.8, 4) is 0 Å². The van der Waals surface area contributed by atoms with Crippen molar-refractivity contribution in [1.82, 2.24) is 0 Å². The number of hydrogen-bond donors (Lipinski definition) is 16. The Labute approximate surface area is 788 Å². The lowest BCUT2D eigenvalue weighted by Gasteiger charge is -2.47. The van der Waals surface area contributed by atoms with Gasteiger partial charge in [0.25, 0.3) is 0 Å². The van der Waals surface area contributed by atoms with E-state index >= 15 is 0 Å². The molecule has 77 heteroatoms. The number of aliphatic hydroxyl groups excluding tert-OH is 4. The average molecular weight is 2170 g/mol. The van der Waals surface area contributed by atoms with Crippen LogP contribution in [0.3, 0.4) is 0 Å². The van der Waals surface area contributed by atoms with E-state index in [0.29, 0.717) is 0 Å². The standard InChI is InChI=1S/C54H96O65S12/c1-20-39(55)52(97-131(70,71)72)40(56)35(79-20)16-74-9-28-29(10-75-17-36-48(92-126-115-104-65)31(44(23(4)82-36)88-122-111-100-61)12-78-18-37-50(94-128-117-106-67)41(57)46(25(6)83-37)90-124-113-102-63)42(86-120-109-98-59)21(2)80-33(28)14-73-8-27-30(11-76-19-38-51(95-129-118-107-68)53(96-130-119-108-69)47(26(7)84-38)91-125-114-103-64)43(87-121-110-99-60)22(3)81-34(27)15-77-13-32-45(89-123-112-101-62)24(5)85-54(58)49(32)93-127-116-105-66/h20-69H,8-19H2,1-7H3,(H,70,71,72)/t20?,21?,22?,23?,24?,25?,26?,27?,28?,29-,30-,31+,32+,33+,34+,35+,36+,37+,38+,39-,40?,41+,42-,43+,44-,45-,46+,47+,48?,49?,50?,51?,52+,53+,54?/m1/s1. The molecule has 16 N–H and O–H groups in total. The fraction of sp³-hybridized carbons (Fsp3) is 1.00. The molecule has 0 aromatic heterocycles. The predicted octanol–water partition coefficient (Wildman–Crippen LogP) is 3.58. The Morgan fingerprint density at radius 3 is 0.847 bits per heavy atom. The van der Waals surface area contributed by atoms with Gasteiger partial charge in [0.1, 0.15) is 116 Å². The molecule has 15 unspecified atom stereocenters. The minimum atomic E-state index is -5.35. The van der Waals surface area contributed by atoms with E-state index in [-0.39, 0.29) is 136 Å². The maximum Gasteiger partial charge on any atom is 0.397 e. The van der Waals surface area contributed by atoms with Crippen molar-refractivity contribution in [1.29, 1.82) is 0 Å². The molecule has 131 heavy (non-hydrogen) atoms. The molecule has 0 aromatic carbocycles. The van der Waals surface area contributed by atoms with E-state index in [1.54, 1.807) is 6.92 Å². The third-order valence-corrected chi connectivity index (χ3v) is 25.4. The normalized spacial score (nSPS) is 36.8. The van der Waals surface area contributed by atoms with Crippen molar-refractivity contribution in [3.63, 3.8) is 0 Å². The first-order valence-electron chi connectivity index (χ1n) is 37.1. The monoisotopic (exact) mass is 2170 g/mol. The Balaban J connectivity index is 1.28. The Kier molecular flexibility index (Phi) is 61.0. The zero-order chi connectivity index (χ0) is 95.2.